The first-order chi connectivity index (χ1) is 8.90. The first kappa shape index (κ1) is 12.9. The van der Waals surface area contributed by atoms with Gasteiger partial charge in [-0.3, -0.25) is 0 Å². The Balaban J connectivity index is 2.65. The molecule has 0 fully saturated rings. The number of nitrogens with two attached hydrogens (primary N) is 1. The van der Waals surface area contributed by atoms with Crippen LogP contribution in [0.25, 0.3) is 11.4 Å². The van der Waals surface area contributed by atoms with E-state index in [1.165, 1.54) is 19.1 Å². The number of hydrogen-bond acceptors (Lipinski definition) is 4. The number of aromatic carboxylic acids is 1. The molecular formula is C13H12FN3O2. The Morgan fingerprint density at radius 2 is 2.00 bits per heavy atom. The van der Waals surface area contributed by atoms with Crippen LogP contribution in [0.3, 0.4) is 0 Å². The zero-order valence-corrected chi connectivity index (χ0v) is 10.4. The fourth-order valence-electron chi connectivity index (χ4n) is 1.81. The predicted octanol–water partition coefficient (Wildman–Crippen LogP) is 2.18. The third kappa shape index (κ3) is 2.37. The standard InChI is InChI=1S/C13H12FN3O2/c1-6-3-4-8(14)5-9(6)12-16-7(2)10(13(18)19)11(15)17-12/h3-5H,1-2H3,(H,18,19)(H2,15,16,17). The number of benzene rings is 1. The number of nitrogens with zero attached hydrogens (tertiary/aromatic N) is 2. The molecule has 1 aromatic carbocycles. The summed E-state index contributed by atoms with van der Waals surface area (Å²) in [5.74, 6) is -1.50. The summed E-state index contributed by atoms with van der Waals surface area (Å²) in [5, 5.41) is 8.99. The van der Waals surface area contributed by atoms with E-state index in [0.717, 1.165) is 5.56 Å². The highest BCUT2D eigenvalue weighted by molar-refractivity contribution is 5.94. The number of hydrogen-bond donors (Lipinski definition) is 2. The number of nitrogen functional groups attached to an aromatic ring is 1. The summed E-state index contributed by atoms with van der Waals surface area (Å²) in [7, 11) is 0. The topological polar surface area (TPSA) is 89.1 Å². The quantitative estimate of drug-likeness (QED) is 0.864. The van der Waals surface area contributed by atoms with Gasteiger partial charge in [0.25, 0.3) is 0 Å². The highest BCUT2D eigenvalue weighted by atomic mass is 19.1. The van der Waals surface area contributed by atoms with Gasteiger partial charge in [0.2, 0.25) is 0 Å². The lowest BCUT2D eigenvalue weighted by atomic mass is 10.1. The van der Waals surface area contributed by atoms with Crippen molar-refractivity contribution in [3.05, 3.63) is 40.8 Å². The molecule has 98 valence electrons. The highest BCUT2D eigenvalue weighted by Crippen LogP contribution is 2.24. The lowest BCUT2D eigenvalue weighted by Crippen LogP contribution is -2.10. The van der Waals surface area contributed by atoms with Gasteiger partial charge in [-0.2, -0.15) is 0 Å². The van der Waals surface area contributed by atoms with E-state index in [1.807, 2.05) is 0 Å². The molecule has 0 saturated carbocycles. The van der Waals surface area contributed by atoms with E-state index >= 15 is 0 Å². The number of aromatic nitrogens is 2. The van der Waals surface area contributed by atoms with Crippen LogP contribution in [0.1, 0.15) is 21.6 Å². The molecule has 2 rings (SSSR count). The van der Waals surface area contributed by atoms with Crippen LogP contribution in [-0.2, 0) is 0 Å². The SMILES string of the molecule is Cc1ccc(F)cc1-c1nc(C)c(C(=O)O)c(N)n1. The van der Waals surface area contributed by atoms with Crippen molar-refractivity contribution in [2.24, 2.45) is 0 Å². The lowest BCUT2D eigenvalue weighted by Gasteiger charge is -2.09. The van der Waals surface area contributed by atoms with Crippen LogP contribution in [0.5, 0.6) is 0 Å². The average molecular weight is 261 g/mol. The monoisotopic (exact) mass is 261 g/mol. The van der Waals surface area contributed by atoms with Crippen LogP contribution >= 0.6 is 0 Å². The summed E-state index contributed by atoms with van der Waals surface area (Å²) in [6.45, 7) is 3.31. The lowest BCUT2D eigenvalue weighted by molar-refractivity contribution is 0.0696. The molecule has 0 amide bonds. The number of carbonyl (C=O) groups is 1. The van der Waals surface area contributed by atoms with E-state index in [4.69, 9.17) is 10.8 Å². The summed E-state index contributed by atoms with van der Waals surface area (Å²) < 4.78 is 13.3. The van der Waals surface area contributed by atoms with Crippen LogP contribution < -0.4 is 5.73 Å². The number of aryl methyl sites for hydroxylation is 2. The molecule has 6 heteroatoms. The second-order valence-electron chi connectivity index (χ2n) is 4.16. The molecule has 0 saturated heterocycles. The van der Waals surface area contributed by atoms with Crippen LogP contribution in [0, 0.1) is 19.7 Å². The first-order valence-electron chi connectivity index (χ1n) is 5.54. The second kappa shape index (κ2) is 4.64. The van der Waals surface area contributed by atoms with Gasteiger partial charge in [-0.15, -0.1) is 0 Å². The van der Waals surface area contributed by atoms with Crippen molar-refractivity contribution in [2.45, 2.75) is 13.8 Å². The molecular weight excluding hydrogens is 249 g/mol. The fraction of sp³-hybridized carbons (Fsp3) is 0.154. The maximum absolute atomic E-state index is 13.3. The molecule has 0 aliphatic heterocycles. The van der Waals surface area contributed by atoms with Crippen LogP contribution in [0.15, 0.2) is 18.2 Å². The van der Waals surface area contributed by atoms with Gasteiger partial charge in [-0.1, -0.05) is 6.07 Å². The Labute approximate surface area is 108 Å². The van der Waals surface area contributed by atoms with Gasteiger partial charge in [0.05, 0.1) is 5.69 Å². The van der Waals surface area contributed by atoms with Gasteiger partial charge in [0.1, 0.15) is 17.2 Å². The van der Waals surface area contributed by atoms with Crippen molar-refractivity contribution in [1.82, 2.24) is 9.97 Å². The van der Waals surface area contributed by atoms with Gasteiger partial charge in [0.15, 0.2) is 5.82 Å². The minimum atomic E-state index is -1.18. The average Bonchev–Trinajstić information content (AvgIpc) is 2.30. The number of anilines is 1. The predicted molar refractivity (Wildman–Crippen MR) is 68.3 cm³/mol. The highest BCUT2D eigenvalue weighted by Gasteiger charge is 2.17. The minimum Gasteiger partial charge on any atom is -0.477 e. The summed E-state index contributed by atoms with van der Waals surface area (Å²) in [6, 6.07) is 4.23. The normalized spacial score (nSPS) is 10.5. The number of halogens is 1. The van der Waals surface area contributed by atoms with Crippen molar-refractivity contribution < 1.29 is 14.3 Å². The maximum Gasteiger partial charge on any atom is 0.341 e. The molecule has 2 aromatic rings. The van der Waals surface area contributed by atoms with E-state index in [2.05, 4.69) is 9.97 Å². The largest absolute Gasteiger partial charge is 0.477 e. The van der Waals surface area contributed by atoms with Crippen LogP contribution in [-0.4, -0.2) is 21.0 Å². The van der Waals surface area contributed by atoms with E-state index in [9.17, 15) is 9.18 Å². The Morgan fingerprint density at radius 3 is 2.58 bits per heavy atom. The Morgan fingerprint density at radius 1 is 1.32 bits per heavy atom. The molecule has 0 aliphatic carbocycles. The molecule has 0 radical (unpaired) electrons. The van der Waals surface area contributed by atoms with Crippen LogP contribution in [0.4, 0.5) is 10.2 Å². The summed E-state index contributed by atoms with van der Waals surface area (Å²) in [4.78, 5) is 19.0. The van der Waals surface area contributed by atoms with Gasteiger partial charge in [-0.05, 0) is 31.5 Å². The van der Waals surface area contributed by atoms with Gasteiger partial charge in [-0.25, -0.2) is 19.2 Å². The zero-order chi connectivity index (χ0) is 14.2. The second-order valence-corrected chi connectivity index (χ2v) is 4.16. The molecule has 1 aromatic heterocycles. The van der Waals surface area contributed by atoms with E-state index in [-0.39, 0.29) is 22.9 Å². The van der Waals surface area contributed by atoms with Crippen molar-refractivity contribution in [2.75, 3.05) is 5.73 Å². The summed E-state index contributed by atoms with van der Waals surface area (Å²) >= 11 is 0. The first-order valence-corrected chi connectivity index (χ1v) is 5.54. The third-order valence-corrected chi connectivity index (χ3v) is 2.77. The molecule has 0 atom stereocenters. The zero-order valence-electron chi connectivity index (χ0n) is 10.4. The minimum absolute atomic E-state index is 0.126. The smallest absolute Gasteiger partial charge is 0.341 e. The van der Waals surface area contributed by atoms with Gasteiger partial charge < -0.3 is 10.8 Å². The number of carboxylic acid groups (broad SMARTS) is 1. The number of rotatable bonds is 2. The fourth-order valence-corrected chi connectivity index (χ4v) is 1.81. The molecule has 19 heavy (non-hydrogen) atoms. The molecule has 5 nitrogen and oxygen atoms in total. The van der Waals surface area contributed by atoms with Gasteiger partial charge in [0, 0.05) is 5.56 Å². The molecule has 0 unspecified atom stereocenters. The van der Waals surface area contributed by atoms with Crippen molar-refractivity contribution >= 4 is 11.8 Å². The molecule has 0 aliphatic rings. The maximum atomic E-state index is 13.3. The summed E-state index contributed by atoms with van der Waals surface area (Å²) in [6.07, 6.45) is 0. The Bertz CT molecular complexity index is 648. The molecule has 3 N–H and O–H groups in total. The van der Waals surface area contributed by atoms with E-state index < -0.39 is 11.8 Å². The molecule has 1 heterocycles. The Kier molecular flexibility index (Phi) is 3.16. The number of carboxylic acids is 1. The van der Waals surface area contributed by atoms with E-state index in [0.29, 0.717) is 5.56 Å². The molecule has 0 spiro atoms. The van der Waals surface area contributed by atoms with Crippen molar-refractivity contribution in [3.63, 3.8) is 0 Å². The van der Waals surface area contributed by atoms with E-state index in [1.54, 1.807) is 13.0 Å². The molecule has 0 bridgehead atoms. The summed E-state index contributed by atoms with van der Waals surface area (Å²) in [5.41, 5.74) is 7.02. The van der Waals surface area contributed by atoms with Crippen LogP contribution in [0.2, 0.25) is 0 Å². The Hall–Kier alpha value is -2.50. The van der Waals surface area contributed by atoms with Crippen molar-refractivity contribution in [1.29, 1.82) is 0 Å². The third-order valence-electron chi connectivity index (χ3n) is 2.77. The van der Waals surface area contributed by atoms with Crippen molar-refractivity contribution in [3.8, 4) is 11.4 Å². The van der Waals surface area contributed by atoms with Gasteiger partial charge >= 0.3 is 5.97 Å².